The van der Waals surface area contributed by atoms with Gasteiger partial charge in [-0.2, -0.15) is 0 Å². The molecule has 118 valence electrons. The lowest BCUT2D eigenvalue weighted by atomic mass is 10.2. The van der Waals surface area contributed by atoms with Gasteiger partial charge in [0.25, 0.3) is 0 Å². The highest BCUT2D eigenvalue weighted by Crippen LogP contribution is 2.19. The molecule has 1 fully saturated rings. The van der Waals surface area contributed by atoms with E-state index < -0.39 is 0 Å². The number of likely N-dealkylation sites (N-methyl/N-ethyl adjacent to an activating group) is 1. The first-order valence-electron chi connectivity index (χ1n) is 7.28. The molecule has 1 amide bonds. The number of rotatable bonds is 6. The maximum Gasteiger partial charge on any atom is 0.232 e. The van der Waals surface area contributed by atoms with Crippen LogP contribution in [0, 0.1) is 6.92 Å². The van der Waals surface area contributed by atoms with Crippen molar-refractivity contribution in [1.29, 1.82) is 0 Å². The molecule has 2 rings (SSSR count). The molecule has 0 radical (unpaired) electrons. The summed E-state index contributed by atoms with van der Waals surface area (Å²) in [6.07, 6.45) is 2.27. The van der Waals surface area contributed by atoms with Crippen molar-refractivity contribution in [2.24, 2.45) is 0 Å². The summed E-state index contributed by atoms with van der Waals surface area (Å²) in [5.74, 6) is 1.80. The molecule has 1 aliphatic heterocycles. The van der Waals surface area contributed by atoms with Gasteiger partial charge in [0.2, 0.25) is 5.91 Å². The first-order valence-corrected chi connectivity index (χ1v) is 8.43. The van der Waals surface area contributed by atoms with Crippen molar-refractivity contribution in [2.75, 3.05) is 25.9 Å². The molecule has 0 aromatic heterocycles. The summed E-state index contributed by atoms with van der Waals surface area (Å²) in [6.45, 7) is 3.94. The topological polar surface area (TPSA) is 32.3 Å². The van der Waals surface area contributed by atoms with E-state index in [1.165, 1.54) is 11.1 Å². The van der Waals surface area contributed by atoms with Crippen LogP contribution in [0.4, 0.5) is 0 Å². The third kappa shape index (κ3) is 5.53. The Balaban J connectivity index is 0.00000220. The maximum atomic E-state index is 12.3. The molecule has 1 heterocycles. The Kier molecular flexibility index (Phi) is 8.15. The summed E-state index contributed by atoms with van der Waals surface area (Å²) < 4.78 is 0. The fourth-order valence-electron chi connectivity index (χ4n) is 2.75. The highest BCUT2D eigenvalue weighted by atomic mass is 35.5. The van der Waals surface area contributed by atoms with Crippen LogP contribution in [-0.2, 0) is 10.5 Å². The van der Waals surface area contributed by atoms with Crippen molar-refractivity contribution in [2.45, 2.75) is 31.6 Å². The van der Waals surface area contributed by atoms with Gasteiger partial charge in [-0.05, 0) is 32.4 Å². The van der Waals surface area contributed by atoms with Gasteiger partial charge in [0.05, 0.1) is 5.75 Å². The Bertz CT molecular complexity index is 456. The summed E-state index contributed by atoms with van der Waals surface area (Å²) in [7, 11) is 1.95. The SMILES string of the molecule is CNCC1CCCN1C(=O)CSCc1cccc(C)c1.Cl. The molecule has 0 aliphatic carbocycles. The zero-order valence-corrected chi connectivity index (χ0v) is 14.4. The first kappa shape index (κ1) is 18.3. The van der Waals surface area contributed by atoms with Crippen LogP contribution in [0.3, 0.4) is 0 Å². The largest absolute Gasteiger partial charge is 0.338 e. The van der Waals surface area contributed by atoms with Crippen LogP contribution in [-0.4, -0.2) is 42.7 Å². The fraction of sp³-hybridized carbons (Fsp3) is 0.562. The van der Waals surface area contributed by atoms with E-state index >= 15 is 0 Å². The minimum atomic E-state index is 0. The Morgan fingerprint density at radius 2 is 2.29 bits per heavy atom. The summed E-state index contributed by atoms with van der Waals surface area (Å²) in [5, 5.41) is 3.18. The highest BCUT2D eigenvalue weighted by molar-refractivity contribution is 7.99. The Morgan fingerprint density at radius 3 is 3.00 bits per heavy atom. The van der Waals surface area contributed by atoms with Crippen LogP contribution in [0.5, 0.6) is 0 Å². The number of amides is 1. The van der Waals surface area contributed by atoms with Gasteiger partial charge in [0.15, 0.2) is 0 Å². The quantitative estimate of drug-likeness (QED) is 0.871. The van der Waals surface area contributed by atoms with Crippen LogP contribution < -0.4 is 5.32 Å². The van der Waals surface area contributed by atoms with Gasteiger partial charge in [-0.3, -0.25) is 4.79 Å². The lowest BCUT2D eigenvalue weighted by Crippen LogP contribution is -2.41. The van der Waals surface area contributed by atoms with E-state index in [1.54, 1.807) is 11.8 Å². The minimum absolute atomic E-state index is 0. The molecule has 1 aliphatic rings. The molecule has 1 aromatic rings. The second-order valence-corrected chi connectivity index (χ2v) is 6.41. The molecular weight excluding hydrogens is 304 g/mol. The normalized spacial score (nSPS) is 17.6. The lowest BCUT2D eigenvalue weighted by Gasteiger charge is -2.24. The van der Waals surface area contributed by atoms with Crippen LogP contribution in [0.25, 0.3) is 0 Å². The number of hydrogen-bond donors (Lipinski definition) is 1. The molecule has 1 N–H and O–H groups in total. The fourth-order valence-corrected chi connectivity index (χ4v) is 3.61. The van der Waals surface area contributed by atoms with Gasteiger partial charge in [-0.15, -0.1) is 24.2 Å². The standard InChI is InChI=1S/C16H24N2OS.ClH/c1-13-5-3-6-14(9-13)11-20-12-16(19)18-8-4-7-15(18)10-17-2;/h3,5-6,9,15,17H,4,7-8,10-12H2,1-2H3;1H. The first-order chi connectivity index (χ1) is 9.70. The molecule has 0 bridgehead atoms. The maximum absolute atomic E-state index is 12.3. The van der Waals surface area contributed by atoms with Crippen LogP contribution in [0.15, 0.2) is 24.3 Å². The summed E-state index contributed by atoms with van der Waals surface area (Å²) in [6, 6.07) is 8.90. The van der Waals surface area contributed by atoms with Crippen LogP contribution in [0.1, 0.15) is 24.0 Å². The van der Waals surface area contributed by atoms with Gasteiger partial charge in [-0.25, -0.2) is 0 Å². The van der Waals surface area contributed by atoms with Crippen molar-refractivity contribution in [3.63, 3.8) is 0 Å². The van der Waals surface area contributed by atoms with E-state index in [9.17, 15) is 4.79 Å². The monoisotopic (exact) mass is 328 g/mol. The number of hydrogen-bond acceptors (Lipinski definition) is 3. The smallest absolute Gasteiger partial charge is 0.232 e. The molecule has 3 nitrogen and oxygen atoms in total. The van der Waals surface area contributed by atoms with Crippen molar-refractivity contribution in [3.8, 4) is 0 Å². The molecule has 5 heteroatoms. The zero-order valence-electron chi connectivity index (χ0n) is 12.8. The summed E-state index contributed by atoms with van der Waals surface area (Å²) in [5.41, 5.74) is 2.58. The average Bonchev–Trinajstić information content (AvgIpc) is 2.87. The minimum Gasteiger partial charge on any atom is -0.338 e. The third-order valence-corrected chi connectivity index (χ3v) is 4.70. The number of likely N-dealkylation sites (tertiary alicyclic amines) is 1. The van der Waals surface area contributed by atoms with Crippen molar-refractivity contribution in [1.82, 2.24) is 10.2 Å². The number of thioether (sulfide) groups is 1. The number of carbonyl (C=O) groups excluding carboxylic acids is 1. The van der Waals surface area contributed by atoms with Crippen molar-refractivity contribution in [3.05, 3.63) is 35.4 Å². The number of aryl methyl sites for hydroxylation is 1. The Morgan fingerprint density at radius 1 is 1.48 bits per heavy atom. The number of carbonyl (C=O) groups is 1. The van der Waals surface area contributed by atoms with E-state index in [-0.39, 0.29) is 12.4 Å². The number of nitrogens with zero attached hydrogens (tertiary/aromatic N) is 1. The summed E-state index contributed by atoms with van der Waals surface area (Å²) >= 11 is 1.72. The van der Waals surface area contributed by atoms with E-state index in [1.807, 2.05) is 7.05 Å². The molecule has 1 unspecified atom stereocenters. The number of nitrogens with one attached hydrogen (secondary N) is 1. The molecule has 0 saturated carbocycles. The molecule has 1 atom stereocenters. The van der Waals surface area contributed by atoms with Gasteiger partial charge >= 0.3 is 0 Å². The van der Waals surface area contributed by atoms with E-state index in [2.05, 4.69) is 41.4 Å². The molecule has 1 saturated heterocycles. The predicted octanol–water partition coefficient (Wildman–Crippen LogP) is 2.86. The van der Waals surface area contributed by atoms with E-state index in [4.69, 9.17) is 0 Å². The lowest BCUT2D eigenvalue weighted by molar-refractivity contribution is -0.129. The molecule has 1 aromatic carbocycles. The number of benzene rings is 1. The second kappa shape index (κ2) is 9.34. The van der Waals surface area contributed by atoms with E-state index in [0.29, 0.717) is 17.7 Å². The Hall–Kier alpha value is -0.710. The van der Waals surface area contributed by atoms with Crippen molar-refractivity contribution < 1.29 is 4.79 Å². The van der Waals surface area contributed by atoms with Crippen LogP contribution in [0.2, 0.25) is 0 Å². The van der Waals surface area contributed by atoms with Gasteiger partial charge in [0, 0.05) is 24.9 Å². The second-order valence-electron chi connectivity index (χ2n) is 5.42. The molecular formula is C16H25ClN2OS. The zero-order chi connectivity index (χ0) is 14.4. The summed E-state index contributed by atoms with van der Waals surface area (Å²) in [4.78, 5) is 14.3. The average molecular weight is 329 g/mol. The van der Waals surface area contributed by atoms with Gasteiger partial charge in [0.1, 0.15) is 0 Å². The predicted molar refractivity (Wildman–Crippen MR) is 93.3 cm³/mol. The van der Waals surface area contributed by atoms with Gasteiger partial charge in [-0.1, -0.05) is 29.8 Å². The van der Waals surface area contributed by atoms with Gasteiger partial charge < -0.3 is 10.2 Å². The van der Waals surface area contributed by atoms with Crippen LogP contribution >= 0.6 is 24.2 Å². The number of halogens is 1. The third-order valence-electron chi connectivity index (χ3n) is 3.71. The Labute approximate surface area is 138 Å². The molecule has 0 spiro atoms. The molecule has 21 heavy (non-hydrogen) atoms. The van der Waals surface area contributed by atoms with E-state index in [0.717, 1.165) is 31.7 Å². The highest BCUT2D eigenvalue weighted by Gasteiger charge is 2.27. The van der Waals surface area contributed by atoms with Crippen molar-refractivity contribution >= 4 is 30.1 Å².